The number of aromatic nitrogens is 4. The van der Waals surface area contributed by atoms with Gasteiger partial charge in [0.15, 0.2) is 0 Å². The van der Waals surface area contributed by atoms with Crippen LogP contribution in [0.4, 0.5) is 0 Å². The van der Waals surface area contributed by atoms with Gasteiger partial charge in [0.25, 0.3) is 0 Å². The van der Waals surface area contributed by atoms with Crippen molar-refractivity contribution >= 4 is 17.5 Å². The van der Waals surface area contributed by atoms with Crippen LogP contribution in [0.5, 0.6) is 0 Å². The first-order valence-electron chi connectivity index (χ1n) is 9.70. The lowest BCUT2D eigenvalue weighted by molar-refractivity contribution is -0.125. The van der Waals surface area contributed by atoms with E-state index in [1.54, 1.807) is 19.1 Å². The van der Waals surface area contributed by atoms with Crippen molar-refractivity contribution in [3.8, 4) is 11.4 Å². The van der Waals surface area contributed by atoms with Crippen LogP contribution in [0.25, 0.3) is 11.4 Å². The van der Waals surface area contributed by atoms with Crippen molar-refractivity contribution in [1.82, 2.24) is 30.4 Å². The molecule has 3 aromatic rings. The molecule has 1 fully saturated rings. The van der Waals surface area contributed by atoms with E-state index in [9.17, 15) is 4.79 Å². The molecule has 0 spiro atoms. The summed E-state index contributed by atoms with van der Waals surface area (Å²) >= 11 is 5.91. The van der Waals surface area contributed by atoms with Crippen LogP contribution < -0.4 is 5.32 Å². The summed E-state index contributed by atoms with van der Waals surface area (Å²) in [5.41, 5.74) is 2.09. The molecule has 2 atom stereocenters. The molecule has 1 saturated heterocycles. The summed E-state index contributed by atoms with van der Waals surface area (Å²) in [6.07, 6.45) is 0.937. The van der Waals surface area contributed by atoms with Crippen molar-refractivity contribution in [2.75, 3.05) is 13.1 Å². The fraction of sp³-hybridized carbons (Fsp3) is 0.333. The van der Waals surface area contributed by atoms with Gasteiger partial charge in [-0.15, -0.1) is 10.2 Å². The Bertz CT molecular complexity index is 959. The first kappa shape index (κ1) is 19.5. The molecule has 0 bridgehead atoms. The molecule has 29 heavy (non-hydrogen) atoms. The number of halogens is 1. The summed E-state index contributed by atoms with van der Waals surface area (Å²) in [5, 5.41) is 16.2. The van der Waals surface area contributed by atoms with Crippen LogP contribution >= 0.6 is 11.6 Å². The van der Waals surface area contributed by atoms with Crippen LogP contribution in [0, 0.1) is 0 Å². The number of carbonyl (C=O) groups is 1. The van der Waals surface area contributed by atoms with E-state index < -0.39 is 6.04 Å². The average Bonchev–Trinajstić information content (AvgIpc) is 3.39. The predicted molar refractivity (Wildman–Crippen MR) is 111 cm³/mol. The zero-order valence-electron chi connectivity index (χ0n) is 16.2. The van der Waals surface area contributed by atoms with E-state index in [4.69, 9.17) is 11.6 Å². The largest absolute Gasteiger partial charge is 0.350 e. The zero-order chi connectivity index (χ0) is 20.2. The Morgan fingerprint density at radius 1 is 1.21 bits per heavy atom. The molecule has 7 nitrogen and oxygen atoms in total. The smallest absolute Gasteiger partial charge is 0.246 e. The lowest BCUT2D eigenvalue weighted by Crippen LogP contribution is -2.41. The highest BCUT2D eigenvalue weighted by Gasteiger charge is 2.27. The van der Waals surface area contributed by atoms with Crippen LogP contribution in [-0.4, -0.2) is 50.1 Å². The number of tetrazole rings is 1. The van der Waals surface area contributed by atoms with E-state index in [-0.39, 0.29) is 11.9 Å². The van der Waals surface area contributed by atoms with Crippen molar-refractivity contribution in [2.45, 2.75) is 32.0 Å². The number of likely N-dealkylation sites (tertiary alicyclic amines) is 1. The van der Waals surface area contributed by atoms with E-state index in [2.05, 4.69) is 49.9 Å². The van der Waals surface area contributed by atoms with Crippen LogP contribution in [0.3, 0.4) is 0 Å². The standard InChI is InChI=1S/C21H23ClN6O/c1-15(28-25-20(24-26-28)17-7-9-18(22)10-8-17)21(29)23-19-11-12-27(14-19)13-16-5-3-2-4-6-16/h2-10,15,19H,11-14H2,1H3,(H,23,29). The van der Waals surface area contributed by atoms with Crippen LogP contribution in [0.2, 0.25) is 5.02 Å². The molecule has 1 aliphatic heterocycles. The van der Waals surface area contributed by atoms with Gasteiger partial charge in [-0.2, -0.15) is 4.80 Å². The van der Waals surface area contributed by atoms with Crippen molar-refractivity contribution in [2.24, 2.45) is 0 Å². The lowest BCUT2D eigenvalue weighted by Gasteiger charge is -2.18. The quantitative estimate of drug-likeness (QED) is 0.676. The Hall–Kier alpha value is -2.77. The number of carbonyl (C=O) groups excluding carboxylic acids is 1. The highest BCUT2D eigenvalue weighted by molar-refractivity contribution is 6.30. The van der Waals surface area contributed by atoms with Gasteiger partial charge in [-0.3, -0.25) is 9.69 Å². The Labute approximate surface area is 174 Å². The summed E-state index contributed by atoms with van der Waals surface area (Å²) in [5.74, 6) is 0.368. The lowest BCUT2D eigenvalue weighted by atomic mass is 10.2. The van der Waals surface area contributed by atoms with Crippen LogP contribution in [-0.2, 0) is 11.3 Å². The van der Waals surface area contributed by atoms with Gasteiger partial charge in [-0.05, 0) is 48.4 Å². The zero-order valence-corrected chi connectivity index (χ0v) is 17.0. The van der Waals surface area contributed by atoms with Crippen LogP contribution in [0.15, 0.2) is 54.6 Å². The van der Waals surface area contributed by atoms with E-state index >= 15 is 0 Å². The Balaban J connectivity index is 1.32. The molecule has 8 heteroatoms. The van der Waals surface area contributed by atoms with Crippen molar-refractivity contribution < 1.29 is 4.79 Å². The molecule has 2 aromatic carbocycles. The van der Waals surface area contributed by atoms with Gasteiger partial charge in [0, 0.05) is 36.3 Å². The minimum absolute atomic E-state index is 0.100. The Morgan fingerprint density at radius 2 is 1.97 bits per heavy atom. The van der Waals surface area contributed by atoms with Gasteiger partial charge >= 0.3 is 0 Å². The summed E-state index contributed by atoms with van der Waals surface area (Å²) in [6, 6.07) is 17.2. The Morgan fingerprint density at radius 3 is 2.72 bits per heavy atom. The molecule has 150 valence electrons. The fourth-order valence-electron chi connectivity index (χ4n) is 3.47. The number of nitrogens with one attached hydrogen (secondary N) is 1. The van der Waals surface area contributed by atoms with Gasteiger partial charge in [0.05, 0.1) is 0 Å². The normalized spacial score (nSPS) is 17.9. The second-order valence-electron chi connectivity index (χ2n) is 7.33. The number of benzene rings is 2. The number of rotatable bonds is 6. The van der Waals surface area contributed by atoms with Crippen molar-refractivity contribution in [1.29, 1.82) is 0 Å². The summed E-state index contributed by atoms with van der Waals surface area (Å²) in [4.78, 5) is 16.4. The highest BCUT2D eigenvalue weighted by atomic mass is 35.5. The topological polar surface area (TPSA) is 75.9 Å². The molecule has 1 aliphatic rings. The molecule has 0 aliphatic carbocycles. The first-order valence-corrected chi connectivity index (χ1v) is 10.1. The molecule has 0 saturated carbocycles. The van der Waals surface area contributed by atoms with Crippen LogP contribution in [0.1, 0.15) is 24.9 Å². The fourth-order valence-corrected chi connectivity index (χ4v) is 3.59. The molecular weight excluding hydrogens is 388 g/mol. The third kappa shape index (κ3) is 4.81. The van der Waals surface area contributed by atoms with Gasteiger partial charge in [0.2, 0.25) is 11.7 Å². The van der Waals surface area contributed by atoms with E-state index in [0.29, 0.717) is 10.8 Å². The minimum Gasteiger partial charge on any atom is -0.350 e. The van der Waals surface area contributed by atoms with Gasteiger partial charge in [-0.1, -0.05) is 41.9 Å². The third-order valence-corrected chi connectivity index (χ3v) is 5.38. The maximum absolute atomic E-state index is 12.7. The Kier molecular flexibility index (Phi) is 5.87. The number of amides is 1. The molecule has 2 heterocycles. The molecule has 0 radical (unpaired) electrons. The second kappa shape index (κ2) is 8.71. The number of nitrogens with zero attached hydrogens (tertiary/aromatic N) is 5. The maximum Gasteiger partial charge on any atom is 0.246 e. The molecular formula is C21H23ClN6O. The van der Waals surface area contributed by atoms with E-state index in [1.165, 1.54) is 10.4 Å². The summed E-state index contributed by atoms with van der Waals surface area (Å²) in [6.45, 7) is 4.49. The van der Waals surface area contributed by atoms with Gasteiger partial charge < -0.3 is 5.32 Å². The van der Waals surface area contributed by atoms with Crippen molar-refractivity contribution in [3.63, 3.8) is 0 Å². The molecule has 4 rings (SSSR count). The predicted octanol–water partition coefficient (Wildman–Crippen LogP) is 2.95. The highest BCUT2D eigenvalue weighted by Crippen LogP contribution is 2.18. The molecule has 1 N–H and O–H groups in total. The van der Waals surface area contributed by atoms with Gasteiger partial charge in [-0.25, -0.2) is 0 Å². The van der Waals surface area contributed by atoms with E-state index in [0.717, 1.165) is 31.6 Å². The minimum atomic E-state index is -0.535. The summed E-state index contributed by atoms with van der Waals surface area (Å²) < 4.78 is 0. The summed E-state index contributed by atoms with van der Waals surface area (Å²) in [7, 11) is 0. The number of hydrogen-bond donors (Lipinski definition) is 1. The third-order valence-electron chi connectivity index (χ3n) is 5.12. The maximum atomic E-state index is 12.7. The monoisotopic (exact) mass is 410 g/mol. The SMILES string of the molecule is CC(C(=O)NC1CCN(Cc2ccccc2)C1)n1nnc(-c2ccc(Cl)cc2)n1. The first-order chi connectivity index (χ1) is 14.1. The average molecular weight is 411 g/mol. The molecule has 1 amide bonds. The van der Waals surface area contributed by atoms with Gasteiger partial charge in [0.1, 0.15) is 6.04 Å². The number of hydrogen-bond acceptors (Lipinski definition) is 5. The second-order valence-corrected chi connectivity index (χ2v) is 7.77. The molecule has 1 aromatic heterocycles. The van der Waals surface area contributed by atoms with E-state index in [1.807, 2.05) is 18.2 Å². The van der Waals surface area contributed by atoms with Crippen molar-refractivity contribution in [3.05, 3.63) is 65.2 Å². The molecule has 2 unspecified atom stereocenters.